The summed E-state index contributed by atoms with van der Waals surface area (Å²) in [5.41, 5.74) is 2.52. The van der Waals surface area contributed by atoms with Gasteiger partial charge < -0.3 is 19.2 Å². The summed E-state index contributed by atoms with van der Waals surface area (Å²) < 4.78 is 16.3. The van der Waals surface area contributed by atoms with Gasteiger partial charge in [-0.05, 0) is 44.1 Å². The molecule has 2 aromatic rings. The van der Waals surface area contributed by atoms with Gasteiger partial charge in [0.2, 0.25) is 0 Å². The van der Waals surface area contributed by atoms with Gasteiger partial charge in [-0.25, -0.2) is 4.79 Å². The molecule has 1 aromatic carbocycles. The Hall–Kier alpha value is -3.33. The van der Waals surface area contributed by atoms with E-state index >= 15 is 0 Å². The van der Waals surface area contributed by atoms with Gasteiger partial charge in [-0.15, -0.1) is 0 Å². The second kappa shape index (κ2) is 11.0. The summed E-state index contributed by atoms with van der Waals surface area (Å²) in [6.07, 6.45) is 1.69. The van der Waals surface area contributed by atoms with Gasteiger partial charge in [0.05, 0.1) is 30.3 Å². The number of fused-ring (bicyclic) bond motifs is 1. The van der Waals surface area contributed by atoms with Crippen LogP contribution in [0.4, 0.5) is 0 Å². The highest BCUT2D eigenvalue weighted by Crippen LogP contribution is 2.45. The maximum Gasteiger partial charge on any atom is 0.336 e. The molecule has 3 atom stereocenters. The van der Waals surface area contributed by atoms with Crippen LogP contribution in [0.5, 0.6) is 0 Å². The fraction of sp³-hybridized carbons (Fsp3) is 0.429. The molecule has 1 aromatic heterocycles. The Morgan fingerprint density at radius 1 is 1.22 bits per heavy atom. The standard InChI is InChI=1S/C28H31NO7S/c1-6-37-10-9-35-28(33)22-16(4)29-19-12-15(3)21(27(32)34-5)26(31)24(19)23(22)18-13-36-20-8-7-14(2)11-17(20)25(18)30/h7-8,11,13,15,21,23,29H,6,9-10,12H2,1-5H3/t15-,21-,23-/m1/s1. The molecule has 0 bridgehead atoms. The number of carbonyl (C=O) groups excluding carboxylic acids is 3. The van der Waals surface area contributed by atoms with Gasteiger partial charge in [-0.1, -0.05) is 25.5 Å². The van der Waals surface area contributed by atoms with Crippen LogP contribution in [0.1, 0.15) is 44.2 Å². The van der Waals surface area contributed by atoms with Crippen LogP contribution in [-0.2, 0) is 23.9 Å². The number of hydrogen-bond donors (Lipinski definition) is 1. The molecule has 0 radical (unpaired) electrons. The monoisotopic (exact) mass is 525 g/mol. The average Bonchev–Trinajstić information content (AvgIpc) is 2.86. The second-order valence-electron chi connectivity index (χ2n) is 9.39. The van der Waals surface area contributed by atoms with Crippen molar-refractivity contribution in [3.8, 4) is 0 Å². The van der Waals surface area contributed by atoms with E-state index < -0.39 is 29.6 Å². The van der Waals surface area contributed by atoms with Crippen molar-refractivity contribution in [3.05, 3.63) is 68.4 Å². The fourth-order valence-corrected chi connectivity index (χ4v) is 5.63. The Labute approximate surface area is 219 Å². The maximum absolute atomic E-state index is 13.8. The van der Waals surface area contributed by atoms with Crippen molar-refractivity contribution in [3.63, 3.8) is 0 Å². The zero-order valence-electron chi connectivity index (χ0n) is 21.6. The number of methoxy groups -OCH3 is 1. The minimum atomic E-state index is -1.05. The topological polar surface area (TPSA) is 112 Å². The Morgan fingerprint density at radius 2 is 1.97 bits per heavy atom. The van der Waals surface area contributed by atoms with Crippen LogP contribution < -0.4 is 10.7 Å². The van der Waals surface area contributed by atoms with Crippen molar-refractivity contribution in [2.45, 2.75) is 40.0 Å². The molecule has 196 valence electrons. The van der Waals surface area contributed by atoms with Crippen LogP contribution in [-0.4, -0.2) is 42.9 Å². The van der Waals surface area contributed by atoms with E-state index in [2.05, 4.69) is 5.32 Å². The van der Waals surface area contributed by atoms with E-state index in [9.17, 15) is 19.2 Å². The molecular weight excluding hydrogens is 494 g/mol. The fourth-order valence-electron chi connectivity index (χ4n) is 5.14. The van der Waals surface area contributed by atoms with Gasteiger partial charge in [-0.2, -0.15) is 11.8 Å². The van der Waals surface area contributed by atoms with E-state index in [4.69, 9.17) is 13.9 Å². The van der Waals surface area contributed by atoms with Crippen LogP contribution in [0.25, 0.3) is 11.0 Å². The quantitative estimate of drug-likeness (QED) is 0.325. The van der Waals surface area contributed by atoms with E-state index in [0.717, 1.165) is 11.3 Å². The summed E-state index contributed by atoms with van der Waals surface area (Å²) in [6.45, 7) is 7.60. The van der Waals surface area contributed by atoms with Gasteiger partial charge in [0.15, 0.2) is 11.2 Å². The molecule has 9 heteroatoms. The molecule has 1 aliphatic heterocycles. The van der Waals surface area contributed by atoms with E-state index in [0.29, 0.717) is 34.5 Å². The second-order valence-corrected chi connectivity index (χ2v) is 10.8. The van der Waals surface area contributed by atoms with Crippen LogP contribution in [0.2, 0.25) is 0 Å². The van der Waals surface area contributed by atoms with Gasteiger partial charge in [0, 0.05) is 28.3 Å². The highest BCUT2D eigenvalue weighted by Gasteiger charge is 2.48. The number of thioether (sulfide) groups is 1. The third-order valence-corrected chi connectivity index (χ3v) is 7.76. The lowest BCUT2D eigenvalue weighted by Crippen LogP contribution is -2.44. The summed E-state index contributed by atoms with van der Waals surface area (Å²) in [5.74, 6) is -2.64. The third-order valence-electron chi connectivity index (χ3n) is 6.89. The van der Waals surface area contributed by atoms with Gasteiger partial charge in [-0.3, -0.25) is 14.4 Å². The molecule has 0 amide bonds. The number of Topliss-reactive ketones (excluding diaryl/α,β-unsaturated/α-hetero) is 1. The first-order valence-electron chi connectivity index (χ1n) is 12.3. The number of ether oxygens (including phenoxy) is 2. The zero-order valence-corrected chi connectivity index (χ0v) is 22.5. The number of hydrogen-bond acceptors (Lipinski definition) is 9. The summed E-state index contributed by atoms with van der Waals surface area (Å²) >= 11 is 1.64. The zero-order chi connectivity index (χ0) is 26.9. The van der Waals surface area contributed by atoms with Crippen molar-refractivity contribution in [1.82, 2.24) is 5.32 Å². The molecule has 8 nitrogen and oxygen atoms in total. The van der Waals surface area contributed by atoms with Crippen molar-refractivity contribution in [2.75, 3.05) is 25.2 Å². The van der Waals surface area contributed by atoms with Crippen molar-refractivity contribution < 1.29 is 28.3 Å². The molecule has 1 N–H and O–H groups in total. The lowest BCUT2D eigenvalue weighted by molar-refractivity contribution is -0.151. The Kier molecular flexibility index (Phi) is 7.92. The highest BCUT2D eigenvalue weighted by atomic mass is 32.2. The number of dihydropyridines is 1. The first-order chi connectivity index (χ1) is 17.7. The number of benzene rings is 1. The molecule has 37 heavy (non-hydrogen) atoms. The number of carbonyl (C=O) groups is 3. The minimum Gasteiger partial charge on any atom is -0.468 e. The predicted octanol–water partition coefficient (Wildman–Crippen LogP) is 4.01. The van der Waals surface area contributed by atoms with Crippen LogP contribution in [0, 0.1) is 18.8 Å². The lowest BCUT2D eigenvalue weighted by Gasteiger charge is -2.37. The van der Waals surface area contributed by atoms with E-state index in [1.807, 2.05) is 19.9 Å². The molecule has 0 spiro atoms. The summed E-state index contributed by atoms with van der Waals surface area (Å²) in [6, 6.07) is 5.27. The predicted molar refractivity (Wildman–Crippen MR) is 141 cm³/mol. The Balaban J connectivity index is 1.90. The number of esters is 2. The van der Waals surface area contributed by atoms with Crippen LogP contribution in [0.15, 0.2) is 56.2 Å². The van der Waals surface area contributed by atoms with Crippen LogP contribution in [0.3, 0.4) is 0 Å². The highest BCUT2D eigenvalue weighted by molar-refractivity contribution is 7.99. The van der Waals surface area contributed by atoms with Crippen molar-refractivity contribution >= 4 is 40.5 Å². The number of aryl methyl sites for hydroxylation is 1. The van der Waals surface area contributed by atoms with E-state index in [1.165, 1.54) is 13.4 Å². The SMILES string of the molecule is CCSCCOC(=O)C1=C(C)NC2=C(C(=O)[C@H](C(=O)OC)[C@H](C)C2)[C@@H]1c1coc2ccc(C)cc2c1=O. The number of rotatable bonds is 7. The van der Waals surface area contributed by atoms with E-state index in [-0.39, 0.29) is 34.7 Å². The summed E-state index contributed by atoms with van der Waals surface area (Å²) in [4.78, 5) is 53.6. The van der Waals surface area contributed by atoms with Crippen molar-refractivity contribution in [1.29, 1.82) is 0 Å². The summed E-state index contributed by atoms with van der Waals surface area (Å²) in [5, 5.41) is 3.55. The van der Waals surface area contributed by atoms with E-state index in [1.54, 1.807) is 37.7 Å². The van der Waals surface area contributed by atoms with Crippen molar-refractivity contribution in [2.24, 2.45) is 11.8 Å². The number of ketones is 1. The normalized spacial score (nSPS) is 21.5. The third kappa shape index (κ3) is 4.97. The molecule has 0 unspecified atom stereocenters. The van der Waals surface area contributed by atoms with Crippen LogP contribution >= 0.6 is 11.8 Å². The van der Waals surface area contributed by atoms with Gasteiger partial charge in [0.1, 0.15) is 18.1 Å². The molecule has 0 saturated carbocycles. The first kappa shape index (κ1) is 26.7. The number of nitrogens with one attached hydrogen (secondary N) is 1. The lowest BCUT2D eigenvalue weighted by atomic mass is 9.69. The molecule has 0 fully saturated rings. The molecule has 4 rings (SSSR count). The maximum atomic E-state index is 13.8. The molecule has 1 aliphatic carbocycles. The Morgan fingerprint density at radius 3 is 2.68 bits per heavy atom. The molecular formula is C28H31NO7S. The first-order valence-corrected chi connectivity index (χ1v) is 13.4. The summed E-state index contributed by atoms with van der Waals surface area (Å²) in [7, 11) is 1.24. The molecule has 2 heterocycles. The molecule has 0 saturated heterocycles. The van der Waals surface area contributed by atoms with Gasteiger partial charge >= 0.3 is 11.9 Å². The number of allylic oxidation sites excluding steroid dienone is 3. The smallest absolute Gasteiger partial charge is 0.336 e. The largest absolute Gasteiger partial charge is 0.468 e. The van der Waals surface area contributed by atoms with Gasteiger partial charge in [0.25, 0.3) is 0 Å². The average molecular weight is 526 g/mol. The Bertz CT molecular complexity index is 1390. The minimum absolute atomic E-state index is 0.146. The molecule has 2 aliphatic rings.